The molecule has 0 spiro atoms. The number of nitrogens with zero attached hydrogens (tertiary/aromatic N) is 1. The largest absolute Gasteiger partial charge is 0.462 e. The molecule has 0 bridgehead atoms. The van der Waals surface area contributed by atoms with Crippen LogP contribution in [-0.2, 0) is 4.74 Å². The lowest BCUT2D eigenvalue weighted by Gasteiger charge is -2.23. The summed E-state index contributed by atoms with van der Waals surface area (Å²) in [5, 5.41) is 0. The Hall–Kier alpha value is -1.51. The Kier molecular flexibility index (Phi) is 3.67. The second-order valence-corrected chi connectivity index (χ2v) is 4.45. The van der Waals surface area contributed by atoms with E-state index in [1.807, 2.05) is 31.2 Å². The van der Waals surface area contributed by atoms with Gasteiger partial charge in [0.1, 0.15) is 0 Å². The first-order valence-electron chi connectivity index (χ1n) is 6.26. The summed E-state index contributed by atoms with van der Waals surface area (Å²) in [4.78, 5) is 13.9. The van der Waals surface area contributed by atoms with E-state index in [2.05, 4.69) is 11.8 Å². The topological polar surface area (TPSA) is 29.5 Å². The molecule has 0 aliphatic carbocycles. The predicted octanol–water partition coefficient (Wildman–Crippen LogP) is 2.85. The molecule has 1 saturated heterocycles. The highest BCUT2D eigenvalue weighted by Crippen LogP contribution is 2.25. The minimum atomic E-state index is -0.242. The van der Waals surface area contributed by atoms with Crippen LogP contribution in [0.25, 0.3) is 0 Å². The molecule has 1 aliphatic rings. The third-order valence-electron chi connectivity index (χ3n) is 3.26. The number of anilines is 1. The van der Waals surface area contributed by atoms with E-state index in [-0.39, 0.29) is 5.97 Å². The van der Waals surface area contributed by atoms with Crippen LogP contribution in [0.1, 0.15) is 37.0 Å². The Morgan fingerprint density at radius 2 is 2.12 bits per heavy atom. The van der Waals surface area contributed by atoms with Crippen molar-refractivity contribution in [1.29, 1.82) is 0 Å². The number of hydrogen-bond donors (Lipinski definition) is 0. The van der Waals surface area contributed by atoms with E-state index in [0.29, 0.717) is 18.2 Å². The summed E-state index contributed by atoms with van der Waals surface area (Å²) in [6, 6.07) is 8.31. The highest BCUT2D eigenvalue weighted by molar-refractivity contribution is 5.89. The smallest absolute Gasteiger partial charge is 0.338 e. The van der Waals surface area contributed by atoms with Gasteiger partial charge >= 0.3 is 5.97 Å². The fourth-order valence-corrected chi connectivity index (χ4v) is 2.32. The Balaban J connectivity index is 2.10. The third kappa shape index (κ3) is 2.60. The molecule has 92 valence electrons. The lowest BCUT2D eigenvalue weighted by molar-refractivity contribution is 0.0526. The summed E-state index contributed by atoms with van der Waals surface area (Å²) in [7, 11) is 0. The maximum absolute atomic E-state index is 11.5. The van der Waals surface area contributed by atoms with E-state index in [4.69, 9.17) is 4.74 Å². The molecule has 0 saturated carbocycles. The van der Waals surface area contributed by atoms with Crippen LogP contribution < -0.4 is 4.90 Å². The Morgan fingerprint density at radius 1 is 1.41 bits per heavy atom. The van der Waals surface area contributed by atoms with Gasteiger partial charge in [0, 0.05) is 18.3 Å². The van der Waals surface area contributed by atoms with Crippen molar-refractivity contribution in [2.24, 2.45) is 0 Å². The number of hydrogen-bond acceptors (Lipinski definition) is 3. The molecule has 0 radical (unpaired) electrons. The summed E-state index contributed by atoms with van der Waals surface area (Å²) in [6.45, 7) is 5.59. The molecule has 1 aliphatic heterocycles. The van der Waals surface area contributed by atoms with E-state index in [0.717, 1.165) is 6.54 Å². The molecule has 1 aromatic carbocycles. The first-order chi connectivity index (χ1) is 8.22. The average molecular weight is 233 g/mol. The van der Waals surface area contributed by atoms with Crippen molar-refractivity contribution in [3.8, 4) is 0 Å². The third-order valence-corrected chi connectivity index (χ3v) is 3.26. The fourth-order valence-electron chi connectivity index (χ4n) is 2.32. The van der Waals surface area contributed by atoms with Gasteiger partial charge in [-0.1, -0.05) is 0 Å². The van der Waals surface area contributed by atoms with Crippen molar-refractivity contribution in [2.75, 3.05) is 18.1 Å². The van der Waals surface area contributed by atoms with Crippen molar-refractivity contribution >= 4 is 11.7 Å². The average Bonchev–Trinajstić information content (AvgIpc) is 2.76. The molecule has 17 heavy (non-hydrogen) atoms. The summed E-state index contributed by atoms with van der Waals surface area (Å²) >= 11 is 0. The molecule has 1 atom stereocenters. The minimum Gasteiger partial charge on any atom is -0.462 e. The van der Waals surface area contributed by atoms with Gasteiger partial charge in [0.25, 0.3) is 0 Å². The molecule has 0 N–H and O–H groups in total. The van der Waals surface area contributed by atoms with Crippen LogP contribution in [-0.4, -0.2) is 25.2 Å². The number of carbonyl (C=O) groups is 1. The molecular formula is C14H19NO2. The second-order valence-electron chi connectivity index (χ2n) is 4.45. The fraction of sp³-hybridized carbons (Fsp3) is 0.500. The molecule has 0 aromatic heterocycles. The molecule has 2 rings (SSSR count). The molecule has 1 aromatic rings. The van der Waals surface area contributed by atoms with Crippen LogP contribution in [0.5, 0.6) is 0 Å². The predicted molar refractivity (Wildman–Crippen MR) is 68.4 cm³/mol. The SMILES string of the molecule is CCOC(=O)c1ccc(N2CCC[C@H]2C)cc1. The van der Waals surface area contributed by atoms with Gasteiger partial charge in [0.2, 0.25) is 0 Å². The van der Waals surface area contributed by atoms with E-state index in [1.165, 1.54) is 18.5 Å². The van der Waals surface area contributed by atoms with Gasteiger partial charge in [0.05, 0.1) is 12.2 Å². The summed E-state index contributed by atoms with van der Waals surface area (Å²) in [5.41, 5.74) is 1.82. The van der Waals surface area contributed by atoms with Crippen LogP contribution in [0, 0.1) is 0 Å². The Labute approximate surface area is 102 Å². The highest BCUT2D eigenvalue weighted by Gasteiger charge is 2.20. The van der Waals surface area contributed by atoms with E-state index in [9.17, 15) is 4.79 Å². The molecule has 3 nitrogen and oxygen atoms in total. The van der Waals surface area contributed by atoms with Crippen LogP contribution in [0.3, 0.4) is 0 Å². The van der Waals surface area contributed by atoms with Crippen molar-refractivity contribution in [3.05, 3.63) is 29.8 Å². The number of esters is 1. The molecule has 0 unspecified atom stereocenters. The summed E-state index contributed by atoms with van der Waals surface area (Å²) < 4.78 is 4.96. The normalized spacial score (nSPS) is 19.4. The van der Waals surface area contributed by atoms with E-state index >= 15 is 0 Å². The van der Waals surface area contributed by atoms with Gasteiger partial charge in [-0.2, -0.15) is 0 Å². The van der Waals surface area contributed by atoms with Gasteiger partial charge < -0.3 is 9.64 Å². The van der Waals surface area contributed by atoms with Crippen LogP contribution in [0.4, 0.5) is 5.69 Å². The summed E-state index contributed by atoms with van der Waals surface area (Å²) in [6.07, 6.45) is 2.50. The van der Waals surface area contributed by atoms with Gasteiger partial charge in [-0.3, -0.25) is 0 Å². The molecular weight excluding hydrogens is 214 g/mol. The maximum atomic E-state index is 11.5. The standard InChI is InChI=1S/C14H19NO2/c1-3-17-14(16)12-6-8-13(9-7-12)15-10-4-5-11(15)2/h6-9,11H,3-5,10H2,1-2H3/t11-/m1/s1. The van der Waals surface area contributed by atoms with E-state index < -0.39 is 0 Å². The molecule has 0 amide bonds. The first kappa shape index (κ1) is 12.0. The highest BCUT2D eigenvalue weighted by atomic mass is 16.5. The lowest BCUT2D eigenvalue weighted by Crippen LogP contribution is -2.26. The lowest BCUT2D eigenvalue weighted by atomic mass is 10.2. The van der Waals surface area contributed by atoms with Gasteiger partial charge in [-0.15, -0.1) is 0 Å². The number of ether oxygens (including phenoxy) is 1. The minimum absolute atomic E-state index is 0.242. The van der Waals surface area contributed by atoms with Gasteiger partial charge in [0.15, 0.2) is 0 Å². The summed E-state index contributed by atoms with van der Waals surface area (Å²) in [5.74, 6) is -0.242. The van der Waals surface area contributed by atoms with Gasteiger partial charge in [-0.05, 0) is 51.0 Å². The van der Waals surface area contributed by atoms with Crippen molar-refractivity contribution < 1.29 is 9.53 Å². The van der Waals surface area contributed by atoms with E-state index in [1.54, 1.807) is 0 Å². The van der Waals surface area contributed by atoms with Crippen molar-refractivity contribution in [2.45, 2.75) is 32.7 Å². The van der Waals surface area contributed by atoms with Crippen molar-refractivity contribution in [1.82, 2.24) is 0 Å². The zero-order valence-electron chi connectivity index (χ0n) is 10.5. The Morgan fingerprint density at radius 3 is 2.65 bits per heavy atom. The van der Waals surface area contributed by atoms with Crippen LogP contribution in [0.15, 0.2) is 24.3 Å². The maximum Gasteiger partial charge on any atom is 0.338 e. The molecule has 3 heteroatoms. The zero-order valence-corrected chi connectivity index (χ0v) is 10.5. The van der Waals surface area contributed by atoms with Gasteiger partial charge in [-0.25, -0.2) is 4.79 Å². The van der Waals surface area contributed by atoms with Crippen LogP contribution >= 0.6 is 0 Å². The molecule has 1 fully saturated rings. The number of benzene rings is 1. The molecule has 1 heterocycles. The second kappa shape index (κ2) is 5.21. The zero-order chi connectivity index (χ0) is 12.3. The monoisotopic (exact) mass is 233 g/mol. The number of carbonyl (C=O) groups excluding carboxylic acids is 1. The first-order valence-corrected chi connectivity index (χ1v) is 6.26. The van der Waals surface area contributed by atoms with Crippen molar-refractivity contribution in [3.63, 3.8) is 0 Å². The number of rotatable bonds is 3. The van der Waals surface area contributed by atoms with Crippen LogP contribution in [0.2, 0.25) is 0 Å². The quantitative estimate of drug-likeness (QED) is 0.752. The Bertz CT molecular complexity index is 386.